The average Bonchev–Trinajstić information content (AvgIpc) is 2.40. The van der Waals surface area contributed by atoms with Gasteiger partial charge in [-0.1, -0.05) is 29.3 Å². The van der Waals surface area contributed by atoms with E-state index in [1.54, 1.807) is 13.3 Å². The summed E-state index contributed by atoms with van der Waals surface area (Å²) in [5, 5.41) is 1.27. The lowest BCUT2D eigenvalue weighted by Gasteiger charge is -2.04. The van der Waals surface area contributed by atoms with Crippen LogP contribution in [-0.4, -0.2) is 13.3 Å². The van der Waals surface area contributed by atoms with Gasteiger partial charge < -0.3 is 4.74 Å². The summed E-state index contributed by atoms with van der Waals surface area (Å²) in [5.41, 5.74) is 2.71. The van der Waals surface area contributed by atoms with Gasteiger partial charge in [-0.25, -0.2) is 0 Å². The Morgan fingerprint density at radius 1 is 1.11 bits per heavy atom. The van der Waals surface area contributed by atoms with Crippen LogP contribution in [0.2, 0.25) is 10.0 Å². The van der Waals surface area contributed by atoms with E-state index < -0.39 is 0 Å². The van der Waals surface area contributed by atoms with Crippen LogP contribution in [0.1, 0.15) is 11.1 Å². The standard InChI is InChI=1S/C15H13Cl2NO/c1-10-12(16)4-3-5-14(10)18-9-11-6-7-15(19-2)13(17)8-11/h3-9H,1-2H3. The van der Waals surface area contributed by atoms with Gasteiger partial charge in [0.2, 0.25) is 0 Å². The molecule has 0 heterocycles. The predicted molar refractivity (Wildman–Crippen MR) is 81.4 cm³/mol. The molecule has 0 amide bonds. The number of ether oxygens (including phenoxy) is 1. The molecular weight excluding hydrogens is 281 g/mol. The van der Waals surface area contributed by atoms with Gasteiger partial charge in [-0.15, -0.1) is 0 Å². The van der Waals surface area contributed by atoms with E-state index in [9.17, 15) is 0 Å². The van der Waals surface area contributed by atoms with E-state index in [-0.39, 0.29) is 0 Å². The minimum Gasteiger partial charge on any atom is -0.495 e. The number of aliphatic imine (C=N–C) groups is 1. The Morgan fingerprint density at radius 2 is 1.89 bits per heavy atom. The summed E-state index contributed by atoms with van der Waals surface area (Å²) < 4.78 is 5.10. The van der Waals surface area contributed by atoms with Crippen LogP contribution in [0.15, 0.2) is 41.4 Å². The number of methoxy groups -OCH3 is 1. The number of hydrogen-bond acceptors (Lipinski definition) is 2. The molecule has 0 aromatic heterocycles. The first kappa shape index (κ1) is 13.9. The lowest BCUT2D eigenvalue weighted by molar-refractivity contribution is 0.415. The van der Waals surface area contributed by atoms with Crippen LogP contribution in [0.3, 0.4) is 0 Å². The molecule has 0 radical (unpaired) electrons. The molecule has 0 aliphatic carbocycles. The summed E-state index contributed by atoms with van der Waals surface area (Å²) in [7, 11) is 1.59. The van der Waals surface area contributed by atoms with Crippen molar-refractivity contribution < 1.29 is 4.74 Å². The Hall–Kier alpha value is -1.51. The third-order valence-corrected chi connectivity index (χ3v) is 3.47. The van der Waals surface area contributed by atoms with Crippen LogP contribution < -0.4 is 4.74 Å². The third-order valence-electron chi connectivity index (χ3n) is 2.77. The Balaban J connectivity index is 2.28. The Kier molecular flexibility index (Phi) is 4.46. The molecule has 0 aliphatic heterocycles. The molecule has 0 bridgehead atoms. The first-order valence-corrected chi connectivity index (χ1v) is 6.50. The molecule has 0 fully saturated rings. The van der Waals surface area contributed by atoms with E-state index >= 15 is 0 Å². The van der Waals surface area contributed by atoms with Crippen LogP contribution in [0.5, 0.6) is 5.75 Å². The first-order chi connectivity index (χ1) is 9.11. The van der Waals surface area contributed by atoms with Crippen molar-refractivity contribution in [1.29, 1.82) is 0 Å². The van der Waals surface area contributed by atoms with Gasteiger partial charge in [-0.3, -0.25) is 4.99 Å². The second-order valence-electron chi connectivity index (χ2n) is 4.04. The van der Waals surface area contributed by atoms with Gasteiger partial charge in [0.05, 0.1) is 17.8 Å². The molecule has 2 rings (SSSR count). The predicted octanol–water partition coefficient (Wildman–Crippen LogP) is 5.06. The van der Waals surface area contributed by atoms with E-state index in [4.69, 9.17) is 27.9 Å². The van der Waals surface area contributed by atoms with Crippen molar-refractivity contribution in [1.82, 2.24) is 0 Å². The normalized spacial score (nSPS) is 10.9. The van der Waals surface area contributed by atoms with Crippen LogP contribution >= 0.6 is 23.2 Å². The van der Waals surface area contributed by atoms with Crippen LogP contribution in [0, 0.1) is 6.92 Å². The summed E-state index contributed by atoms with van der Waals surface area (Å²) in [6.45, 7) is 1.94. The van der Waals surface area contributed by atoms with Gasteiger partial charge in [0.25, 0.3) is 0 Å². The van der Waals surface area contributed by atoms with Crippen molar-refractivity contribution in [2.24, 2.45) is 4.99 Å². The minimum atomic E-state index is 0.564. The fourth-order valence-corrected chi connectivity index (χ4v) is 2.08. The fraction of sp³-hybridized carbons (Fsp3) is 0.133. The SMILES string of the molecule is COc1ccc(C=Nc2cccc(Cl)c2C)cc1Cl. The maximum Gasteiger partial charge on any atom is 0.137 e. The first-order valence-electron chi connectivity index (χ1n) is 5.74. The largest absolute Gasteiger partial charge is 0.495 e. The van der Waals surface area contributed by atoms with E-state index in [0.29, 0.717) is 15.8 Å². The molecule has 0 atom stereocenters. The van der Waals surface area contributed by atoms with Crippen molar-refractivity contribution >= 4 is 35.1 Å². The highest BCUT2D eigenvalue weighted by Gasteiger charge is 2.01. The lowest BCUT2D eigenvalue weighted by atomic mass is 10.2. The van der Waals surface area contributed by atoms with E-state index in [1.165, 1.54) is 0 Å². The minimum absolute atomic E-state index is 0.564. The van der Waals surface area contributed by atoms with Crippen molar-refractivity contribution in [3.63, 3.8) is 0 Å². The van der Waals surface area contributed by atoms with Gasteiger partial charge >= 0.3 is 0 Å². The summed E-state index contributed by atoms with van der Waals surface area (Å²) in [5.74, 6) is 0.651. The van der Waals surface area contributed by atoms with Gasteiger partial charge in [-0.2, -0.15) is 0 Å². The highest BCUT2D eigenvalue weighted by atomic mass is 35.5. The quantitative estimate of drug-likeness (QED) is 0.725. The number of halogens is 2. The maximum atomic E-state index is 6.06. The summed E-state index contributed by atoms with van der Waals surface area (Å²) in [6, 6.07) is 11.2. The van der Waals surface area contributed by atoms with Crippen molar-refractivity contribution in [2.45, 2.75) is 6.92 Å². The van der Waals surface area contributed by atoms with Crippen molar-refractivity contribution in [3.8, 4) is 5.75 Å². The Bertz CT molecular complexity index is 624. The molecule has 0 aliphatic rings. The Morgan fingerprint density at radius 3 is 2.58 bits per heavy atom. The average molecular weight is 294 g/mol. The van der Waals surface area contributed by atoms with Gasteiger partial charge in [-0.05, 0) is 48.4 Å². The van der Waals surface area contributed by atoms with E-state index in [1.807, 2.05) is 43.3 Å². The third kappa shape index (κ3) is 3.28. The fourth-order valence-electron chi connectivity index (χ4n) is 1.64. The van der Waals surface area contributed by atoms with Crippen molar-refractivity contribution in [3.05, 3.63) is 57.6 Å². The van der Waals surface area contributed by atoms with E-state index in [2.05, 4.69) is 4.99 Å². The maximum absolute atomic E-state index is 6.06. The molecule has 4 heteroatoms. The zero-order valence-corrected chi connectivity index (χ0v) is 12.2. The van der Waals surface area contributed by atoms with Gasteiger partial charge in [0.1, 0.15) is 5.75 Å². The van der Waals surface area contributed by atoms with Gasteiger partial charge in [0, 0.05) is 11.2 Å². The molecule has 0 N–H and O–H groups in total. The zero-order chi connectivity index (χ0) is 13.8. The molecule has 98 valence electrons. The van der Waals surface area contributed by atoms with Gasteiger partial charge in [0.15, 0.2) is 0 Å². The lowest BCUT2D eigenvalue weighted by Crippen LogP contribution is -1.87. The highest BCUT2D eigenvalue weighted by Crippen LogP contribution is 2.27. The molecule has 2 aromatic carbocycles. The number of rotatable bonds is 3. The highest BCUT2D eigenvalue weighted by molar-refractivity contribution is 6.32. The monoisotopic (exact) mass is 293 g/mol. The summed E-state index contributed by atoms with van der Waals surface area (Å²) >= 11 is 12.1. The summed E-state index contributed by atoms with van der Waals surface area (Å²) in [4.78, 5) is 4.42. The molecule has 0 unspecified atom stereocenters. The molecule has 2 aromatic rings. The van der Waals surface area contributed by atoms with Crippen LogP contribution in [0.25, 0.3) is 0 Å². The zero-order valence-electron chi connectivity index (χ0n) is 10.7. The number of hydrogen-bond donors (Lipinski definition) is 0. The molecule has 19 heavy (non-hydrogen) atoms. The second kappa shape index (κ2) is 6.09. The smallest absolute Gasteiger partial charge is 0.137 e. The van der Waals surface area contributed by atoms with E-state index in [0.717, 1.165) is 16.8 Å². The summed E-state index contributed by atoms with van der Waals surface area (Å²) in [6.07, 6.45) is 1.75. The molecule has 2 nitrogen and oxygen atoms in total. The van der Waals surface area contributed by atoms with Crippen molar-refractivity contribution in [2.75, 3.05) is 7.11 Å². The number of benzene rings is 2. The Labute approximate surface area is 122 Å². The second-order valence-corrected chi connectivity index (χ2v) is 4.85. The van der Waals surface area contributed by atoms with Crippen LogP contribution in [0.4, 0.5) is 5.69 Å². The molecular formula is C15H13Cl2NO. The number of nitrogens with zero attached hydrogens (tertiary/aromatic N) is 1. The molecule has 0 saturated heterocycles. The molecule has 0 spiro atoms. The van der Waals surface area contributed by atoms with Crippen LogP contribution in [-0.2, 0) is 0 Å². The topological polar surface area (TPSA) is 21.6 Å². The molecule has 0 saturated carbocycles.